The molecule has 3 nitrogen and oxygen atoms in total. The molecular weight excluding hydrogens is 243 g/mol. The van der Waals surface area contributed by atoms with E-state index in [0.717, 1.165) is 12.1 Å². The molecule has 0 saturated carbocycles. The van der Waals surface area contributed by atoms with E-state index in [1.165, 1.54) is 6.20 Å². The van der Waals surface area contributed by atoms with E-state index in [2.05, 4.69) is 4.98 Å². The Morgan fingerprint density at radius 2 is 2.00 bits per heavy atom. The second-order valence-electron chi connectivity index (χ2n) is 3.81. The lowest BCUT2D eigenvalue weighted by molar-refractivity contribution is 0.437. The summed E-state index contributed by atoms with van der Waals surface area (Å²) in [6.45, 7) is 2.48. The van der Waals surface area contributed by atoms with Gasteiger partial charge < -0.3 is 10.3 Å². The molecule has 0 saturated heterocycles. The molecule has 0 spiro atoms. The summed E-state index contributed by atoms with van der Waals surface area (Å²) in [5, 5.41) is 0. The lowest BCUT2D eigenvalue weighted by Crippen LogP contribution is -2.19. The first-order chi connectivity index (χ1) is 8.56. The predicted molar refractivity (Wildman–Crippen MR) is 60.2 cm³/mol. The SMILES string of the molecule is CCn1ccnc1C(N)c1ccc(F)c(F)c1F. The van der Waals surface area contributed by atoms with Crippen LogP contribution in [0.25, 0.3) is 0 Å². The Morgan fingerprint density at radius 1 is 1.28 bits per heavy atom. The normalized spacial score (nSPS) is 12.7. The molecule has 0 amide bonds. The molecule has 6 heteroatoms. The highest BCUT2D eigenvalue weighted by molar-refractivity contribution is 5.28. The van der Waals surface area contributed by atoms with Crippen LogP contribution in [-0.2, 0) is 6.54 Å². The van der Waals surface area contributed by atoms with Gasteiger partial charge in [0.1, 0.15) is 5.82 Å². The topological polar surface area (TPSA) is 43.8 Å². The van der Waals surface area contributed by atoms with Crippen molar-refractivity contribution in [2.75, 3.05) is 0 Å². The van der Waals surface area contributed by atoms with Crippen molar-refractivity contribution in [3.05, 3.63) is 53.4 Å². The Labute approximate surface area is 102 Å². The van der Waals surface area contributed by atoms with E-state index in [0.29, 0.717) is 12.4 Å². The van der Waals surface area contributed by atoms with Crippen LogP contribution in [-0.4, -0.2) is 9.55 Å². The highest BCUT2D eigenvalue weighted by atomic mass is 19.2. The van der Waals surface area contributed by atoms with Crippen molar-refractivity contribution in [1.82, 2.24) is 9.55 Å². The number of benzene rings is 1. The lowest BCUT2D eigenvalue weighted by atomic mass is 10.1. The summed E-state index contributed by atoms with van der Waals surface area (Å²) in [4.78, 5) is 4.01. The molecule has 0 aliphatic rings. The lowest BCUT2D eigenvalue weighted by Gasteiger charge is -2.14. The van der Waals surface area contributed by atoms with Crippen LogP contribution >= 0.6 is 0 Å². The van der Waals surface area contributed by atoms with Gasteiger partial charge in [-0.15, -0.1) is 0 Å². The third kappa shape index (κ3) is 1.99. The van der Waals surface area contributed by atoms with Gasteiger partial charge in [0, 0.05) is 24.5 Å². The van der Waals surface area contributed by atoms with Crippen molar-refractivity contribution in [2.45, 2.75) is 19.5 Å². The molecular formula is C12H12F3N3. The van der Waals surface area contributed by atoms with Crippen LogP contribution in [0.4, 0.5) is 13.2 Å². The quantitative estimate of drug-likeness (QED) is 0.856. The summed E-state index contributed by atoms with van der Waals surface area (Å²) < 4.78 is 41.3. The average molecular weight is 255 g/mol. The Bertz CT molecular complexity index is 566. The van der Waals surface area contributed by atoms with Crippen molar-refractivity contribution in [3.63, 3.8) is 0 Å². The zero-order valence-electron chi connectivity index (χ0n) is 9.70. The van der Waals surface area contributed by atoms with E-state index in [1.54, 1.807) is 10.8 Å². The van der Waals surface area contributed by atoms with Crippen molar-refractivity contribution in [2.24, 2.45) is 5.73 Å². The second kappa shape index (κ2) is 4.81. The molecule has 1 aromatic heterocycles. The predicted octanol–water partition coefficient (Wildman–Crippen LogP) is 2.37. The van der Waals surface area contributed by atoms with Gasteiger partial charge in [-0.2, -0.15) is 0 Å². The fourth-order valence-corrected chi connectivity index (χ4v) is 1.79. The van der Waals surface area contributed by atoms with Gasteiger partial charge in [0.05, 0.1) is 6.04 Å². The van der Waals surface area contributed by atoms with Crippen LogP contribution in [0.2, 0.25) is 0 Å². The van der Waals surface area contributed by atoms with Gasteiger partial charge in [0.25, 0.3) is 0 Å². The van der Waals surface area contributed by atoms with Gasteiger partial charge in [-0.3, -0.25) is 0 Å². The molecule has 0 aliphatic carbocycles. The highest BCUT2D eigenvalue weighted by Gasteiger charge is 2.22. The van der Waals surface area contributed by atoms with Gasteiger partial charge in [0.15, 0.2) is 17.5 Å². The highest BCUT2D eigenvalue weighted by Crippen LogP contribution is 2.24. The standard InChI is InChI=1S/C12H12F3N3/c1-2-18-6-5-17-12(18)11(16)7-3-4-8(13)10(15)9(7)14/h3-6,11H,2,16H2,1H3. The Hall–Kier alpha value is -1.82. The van der Waals surface area contributed by atoms with Crippen LogP contribution in [0.3, 0.4) is 0 Å². The fourth-order valence-electron chi connectivity index (χ4n) is 1.79. The largest absolute Gasteiger partial charge is 0.334 e. The number of rotatable bonds is 3. The van der Waals surface area contributed by atoms with Gasteiger partial charge in [-0.05, 0) is 13.0 Å². The maximum absolute atomic E-state index is 13.6. The van der Waals surface area contributed by atoms with Crippen LogP contribution in [0.15, 0.2) is 24.5 Å². The van der Waals surface area contributed by atoms with Crippen LogP contribution in [0.1, 0.15) is 24.4 Å². The van der Waals surface area contributed by atoms with E-state index in [9.17, 15) is 13.2 Å². The van der Waals surface area contributed by atoms with Gasteiger partial charge in [-0.1, -0.05) is 6.07 Å². The molecule has 96 valence electrons. The summed E-state index contributed by atoms with van der Waals surface area (Å²) >= 11 is 0. The first-order valence-electron chi connectivity index (χ1n) is 5.46. The number of halogens is 3. The van der Waals surface area contributed by atoms with Crippen LogP contribution in [0.5, 0.6) is 0 Å². The Kier molecular flexibility index (Phi) is 3.38. The molecule has 18 heavy (non-hydrogen) atoms. The van der Waals surface area contributed by atoms with Crippen molar-refractivity contribution in [1.29, 1.82) is 0 Å². The van der Waals surface area contributed by atoms with E-state index >= 15 is 0 Å². The van der Waals surface area contributed by atoms with E-state index < -0.39 is 23.5 Å². The molecule has 1 unspecified atom stereocenters. The molecule has 0 fully saturated rings. The monoisotopic (exact) mass is 255 g/mol. The molecule has 1 aromatic carbocycles. The minimum absolute atomic E-state index is 0.116. The van der Waals surface area contributed by atoms with Crippen molar-refractivity contribution >= 4 is 0 Å². The smallest absolute Gasteiger partial charge is 0.194 e. The van der Waals surface area contributed by atoms with Crippen LogP contribution in [0, 0.1) is 17.5 Å². The molecule has 0 radical (unpaired) electrons. The third-order valence-electron chi connectivity index (χ3n) is 2.77. The number of hydrogen-bond acceptors (Lipinski definition) is 2. The summed E-state index contributed by atoms with van der Waals surface area (Å²) in [6.07, 6.45) is 3.21. The second-order valence-corrected chi connectivity index (χ2v) is 3.81. The summed E-state index contributed by atoms with van der Waals surface area (Å²) in [5.74, 6) is -3.62. The summed E-state index contributed by atoms with van der Waals surface area (Å²) in [5.41, 5.74) is 5.73. The van der Waals surface area contributed by atoms with Crippen molar-refractivity contribution in [3.8, 4) is 0 Å². The summed E-state index contributed by atoms with van der Waals surface area (Å²) in [7, 11) is 0. The molecule has 0 bridgehead atoms. The fraction of sp³-hybridized carbons (Fsp3) is 0.250. The number of nitrogens with zero attached hydrogens (tertiary/aromatic N) is 2. The first-order valence-corrected chi connectivity index (χ1v) is 5.46. The molecule has 0 aliphatic heterocycles. The number of hydrogen-bond donors (Lipinski definition) is 1. The van der Waals surface area contributed by atoms with Gasteiger partial charge in [0.2, 0.25) is 0 Å². The van der Waals surface area contributed by atoms with Gasteiger partial charge in [-0.25, -0.2) is 18.2 Å². The average Bonchev–Trinajstić information content (AvgIpc) is 2.83. The zero-order valence-corrected chi connectivity index (χ0v) is 9.70. The van der Waals surface area contributed by atoms with E-state index in [1.807, 2.05) is 6.92 Å². The number of imidazole rings is 1. The Morgan fingerprint density at radius 3 is 2.67 bits per heavy atom. The van der Waals surface area contributed by atoms with Crippen LogP contribution < -0.4 is 5.73 Å². The van der Waals surface area contributed by atoms with Gasteiger partial charge >= 0.3 is 0 Å². The summed E-state index contributed by atoms with van der Waals surface area (Å²) in [6, 6.07) is 1.05. The molecule has 1 atom stereocenters. The Balaban J connectivity index is 2.46. The minimum atomic E-state index is -1.52. The maximum atomic E-state index is 13.6. The molecule has 1 heterocycles. The van der Waals surface area contributed by atoms with E-state index in [4.69, 9.17) is 5.73 Å². The molecule has 2 aromatic rings. The van der Waals surface area contributed by atoms with E-state index in [-0.39, 0.29) is 5.56 Å². The number of aryl methyl sites for hydroxylation is 1. The molecule has 2 rings (SSSR count). The minimum Gasteiger partial charge on any atom is -0.334 e. The number of aromatic nitrogens is 2. The maximum Gasteiger partial charge on any atom is 0.194 e. The third-order valence-corrected chi connectivity index (χ3v) is 2.77. The van der Waals surface area contributed by atoms with Crippen molar-refractivity contribution < 1.29 is 13.2 Å². The zero-order chi connectivity index (χ0) is 13.3. The number of nitrogens with two attached hydrogens (primary N) is 1. The molecule has 2 N–H and O–H groups in total. The first kappa shape index (κ1) is 12.6.